The van der Waals surface area contributed by atoms with Crippen molar-refractivity contribution in [2.24, 2.45) is 10.8 Å². The number of nitrogens with one attached hydrogen (secondary N) is 2. The summed E-state index contributed by atoms with van der Waals surface area (Å²) < 4.78 is 12.3. The van der Waals surface area contributed by atoms with E-state index in [1.54, 1.807) is 11.0 Å². The lowest BCUT2D eigenvalue weighted by molar-refractivity contribution is -0.128. The first kappa shape index (κ1) is 28.5. The van der Waals surface area contributed by atoms with Crippen molar-refractivity contribution in [1.82, 2.24) is 24.9 Å². The van der Waals surface area contributed by atoms with Crippen LogP contribution in [0.5, 0.6) is 0 Å². The van der Waals surface area contributed by atoms with Crippen molar-refractivity contribution in [2.45, 2.75) is 59.7 Å². The van der Waals surface area contributed by atoms with E-state index in [1.807, 2.05) is 29.7 Å². The van der Waals surface area contributed by atoms with Gasteiger partial charge in [0, 0.05) is 37.7 Å². The number of fused-ring (bicyclic) bond motifs is 1. The zero-order valence-corrected chi connectivity index (χ0v) is 24.1. The molecule has 5 rings (SSSR count). The van der Waals surface area contributed by atoms with Gasteiger partial charge in [-0.05, 0) is 36.0 Å². The second-order valence-corrected chi connectivity index (χ2v) is 12.5. The number of ether oxygens (including phenoxy) is 1. The Kier molecular flexibility index (Phi) is 7.98. The van der Waals surface area contributed by atoms with Crippen molar-refractivity contribution in [1.29, 1.82) is 5.26 Å². The van der Waals surface area contributed by atoms with Gasteiger partial charge in [0.15, 0.2) is 0 Å². The van der Waals surface area contributed by atoms with Gasteiger partial charge in [0.05, 0.1) is 36.5 Å². The molecule has 2 aliphatic rings. The summed E-state index contributed by atoms with van der Waals surface area (Å²) in [5, 5.41) is 19.8. The molecule has 1 atom stereocenters. The van der Waals surface area contributed by atoms with Crippen LogP contribution >= 0.6 is 0 Å². The maximum Gasteiger partial charge on any atom is 0.296 e. The minimum absolute atomic E-state index is 0.0746. The third kappa shape index (κ3) is 6.50. The normalized spacial score (nSPS) is 18.8. The molecular formula is C30H37N7O4. The fourth-order valence-electron chi connectivity index (χ4n) is 5.30. The number of hydrogen-bond acceptors (Lipinski definition) is 8. The van der Waals surface area contributed by atoms with Crippen LogP contribution in [0.1, 0.15) is 56.7 Å². The van der Waals surface area contributed by atoms with Crippen LogP contribution in [0.2, 0.25) is 0 Å². The van der Waals surface area contributed by atoms with Crippen LogP contribution in [0.15, 0.2) is 46.6 Å². The Labute approximate surface area is 239 Å². The van der Waals surface area contributed by atoms with E-state index >= 15 is 0 Å². The molecule has 3 aromatic rings. The van der Waals surface area contributed by atoms with Gasteiger partial charge in [-0.15, -0.1) is 0 Å². The lowest BCUT2D eigenvalue weighted by Gasteiger charge is -2.35. The van der Waals surface area contributed by atoms with E-state index in [-0.39, 0.29) is 34.1 Å². The number of hydrogen-bond donors (Lipinski definition) is 2. The van der Waals surface area contributed by atoms with Crippen LogP contribution in [-0.2, 0) is 22.6 Å². The lowest BCUT2D eigenvalue weighted by Crippen LogP contribution is -2.41. The highest BCUT2D eigenvalue weighted by Crippen LogP contribution is 2.31. The number of imidazole rings is 1. The molecule has 2 N–H and O–H groups in total. The number of anilines is 1. The molecule has 11 nitrogen and oxygen atoms in total. The highest BCUT2D eigenvalue weighted by atomic mass is 16.5. The molecule has 1 aromatic carbocycles. The van der Waals surface area contributed by atoms with E-state index in [9.17, 15) is 14.9 Å². The molecule has 2 fully saturated rings. The van der Waals surface area contributed by atoms with Crippen LogP contribution in [0.3, 0.4) is 0 Å². The highest BCUT2D eigenvalue weighted by molar-refractivity contribution is 6.02. The Morgan fingerprint density at radius 3 is 2.73 bits per heavy atom. The number of aromatic nitrogens is 3. The third-order valence-corrected chi connectivity index (χ3v) is 7.42. The highest BCUT2D eigenvalue weighted by Gasteiger charge is 2.36. The average Bonchev–Trinajstić information content (AvgIpc) is 3.66. The number of rotatable bonds is 9. The Bertz CT molecular complexity index is 1490. The molecule has 0 saturated carbocycles. The molecule has 0 bridgehead atoms. The van der Waals surface area contributed by atoms with Crippen molar-refractivity contribution in [3.8, 4) is 6.07 Å². The maximum absolute atomic E-state index is 13.5. The van der Waals surface area contributed by atoms with Crippen LogP contribution < -0.4 is 10.6 Å². The summed E-state index contributed by atoms with van der Waals surface area (Å²) in [5.41, 5.74) is 2.66. The average molecular weight is 560 g/mol. The zero-order valence-electron chi connectivity index (χ0n) is 24.1. The first-order valence-corrected chi connectivity index (χ1v) is 14.0. The summed E-state index contributed by atoms with van der Waals surface area (Å²) in [4.78, 5) is 32.9. The third-order valence-electron chi connectivity index (χ3n) is 7.42. The number of nitrogens with zero attached hydrogens (tertiary/aromatic N) is 5. The minimum Gasteiger partial charge on any atom is -0.379 e. The second kappa shape index (κ2) is 11.5. The topological polar surface area (TPSA) is 138 Å². The Hall–Kier alpha value is -4.01. The molecular weight excluding hydrogens is 522 g/mol. The molecule has 216 valence electrons. The molecule has 2 aromatic heterocycles. The van der Waals surface area contributed by atoms with Gasteiger partial charge in [-0.25, -0.2) is 4.98 Å². The Balaban J connectivity index is 1.42. The molecule has 0 spiro atoms. The first-order valence-electron chi connectivity index (χ1n) is 14.0. The predicted molar refractivity (Wildman–Crippen MR) is 153 cm³/mol. The maximum atomic E-state index is 13.5. The smallest absolute Gasteiger partial charge is 0.296 e. The summed E-state index contributed by atoms with van der Waals surface area (Å²) in [7, 11) is 0. The predicted octanol–water partition coefficient (Wildman–Crippen LogP) is 3.89. The van der Waals surface area contributed by atoms with Gasteiger partial charge in [0.25, 0.3) is 11.8 Å². The number of nitriles is 1. The van der Waals surface area contributed by atoms with E-state index < -0.39 is 5.91 Å². The van der Waals surface area contributed by atoms with Crippen molar-refractivity contribution < 1.29 is 18.8 Å². The van der Waals surface area contributed by atoms with Crippen molar-refractivity contribution in [2.75, 3.05) is 31.6 Å². The largest absolute Gasteiger partial charge is 0.379 e. The van der Waals surface area contributed by atoms with E-state index in [1.165, 1.54) is 12.3 Å². The quantitative estimate of drug-likeness (QED) is 0.297. The van der Waals surface area contributed by atoms with E-state index in [0.717, 1.165) is 36.0 Å². The molecule has 2 amide bonds. The summed E-state index contributed by atoms with van der Waals surface area (Å²) in [5.74, 6) is -0.301. The number of carbonyl (C=O) groups is 2. The minimum atomic E-state index is -0.462. The van der Waals surface area contributed by atoms with Gasteiger partial charge in [-0.3, -0.25) is 14.9 Å². The Morgan fingerprint density at radius 2 is 2.07 bits per heavy atom. The second-order valence-electron chi connectivity index (χ2n) is 12.5. The molecule has 11 heteroatoms. The summed E-state index contributed by atoms with van der Waals surface area (Å²) in [6.45, 7) is 12.1. The van der Waals surface area contributed by atoms with Gasteiger partial charge in [0.2, 0.25) is 11.7 Å². The van der Waals surface area contributed by atoms with Crippen LogP contribution in [0.4, 0.5) is 5.95 Å². The van der Waals surface area contributed by atoms with E-state index in [4.69, 9.17) is 14.2 Å². The molecule has 2 aliphatic heterocycles. The molecule has 0 unspecified atom stereocenters. The molecule has 0 aliphatic carbocycles. The monoisotopic (exact) mass is 559 g/mol. The van der Waals surface area contributed by atoms with Gasteiger partial charge in [-0.1, -0.05) is 45.0 Å². The van der Waals surface area contributed by atoms with E-state index in [0.29, 0.717) is 38.8 Å². The van der Waals surface area contributed by atoms with Gasteiger partial charge in [-0.2, -0.15) is 5.26 Å². The van der Waals surface area contributed by atoms with Crippen LogP contribution in [-0.4, -0.2) is 63.8 Å². The summed E-state index contributed by atoms with van der Waals surface area (Å²) in [6.07, 6.45) is 4.76. The number of benzene rings is 1. The fraction of sp³-hybridized carbons (Fsp3) is 0.500. The van der Waals surface area contributed by atoms with Crippen molar-refractivity contribution in [3.05, 3.63) is 53.4 Å². The van der Waals surface area contributed by atoms with Crippen molar-refractivity contribution in [3.63, 3.8) is 0 Å². The zero-order chi connectivity index (χ0) is 29.2. The van der Waals surface area contributed by atoms with Crippen molar-refractivity contribution >= 4 is 28.8 Å². The van der Waals surface area contributed by atoms with Crippen LogP contribution in [0, 0.1) is 22.2 Å². The molecule has 2 saturated heterocycles. The fourth-order valence-corrected chi connectivity index (χ4v) is 5.30. The van der Waals surface area contributed by atoms with E-state index in [2.05, 4.69) is 42.6 Å². The van der Waals surface area contributed by atoms with Gasteiger partial charge in [0.1, 0.15) is 11.6 Å². The lowest BCUT2D eigenvalue weighted by atomic mass is 9.86. The Morgan fingerprint density at radius 1 is 1.27 bits per heavy atom. The number of likely N-dealkylation sites (tertiary alicyclic amines) is 1. The number of carbonyl (C=O) groups excluding carboxylic acids is 2. The molecule has 0 radical (unpaired) electrons. The standard InChI is InChI=1S/C30H37N7O4/c1-29(2,3)17-32-15-20-7-8-24-23(12-20)34-28(35-26(38)25-9-10-33-41-25)37(24)16-22-6-5-11-36(22)27(39)21(14-31)13-30(4)18-40-19-30/h7-10,12-13,22,32H,5-6,11,15-19H2,1-4H3,(H,34,35,38)/b21-13-/t22-/m1/s1. The summed E-state index contributed by atoms with van der Waals surface area (Å²) >= 11 is 0. The van der Waals surface area contributed by atoms with Crippen LogP contribution in [0.25, 0.3) is 11.0 Å². The van der Waals surface area contributed by atoms with Gasteiger partial charge < -0.3 is 24.0 Å². The molecule has 4 heterocycles. The molecule has 41 heavy (non-hydrogen) atoms. The summed E-state index contributed by atoms with van der Waals surface area (Å²) in [6, 6.07) is 9.50. The first-order chi connectivity index (χ1) is 19.5. The SMILES string of the molecule is CC(C)(C)CNCc1ccc2c(c1)nc(NC(=O)c1ccno1)n2C[C@H]1CCCN1C(=O)/C(C#N)=C\C1(C)COC1. The van der Waals surface area contributed by atoms with Gasteiger partial charge >= 0.3 is 0 Å². The number of amides is 2.